The lowest BCUT2D eigenvalue weighted by molar-refractivity contribution is 0.0728. The molecule has 0 radical (unpaired) electrons. The van der Waals surface area contributed by atoms with Gasteiger partial charge in [0.25, 0.3) is 5.91 Å². The molecule has 2 rings (SSSR count). The van der Waals surface area contributed by atoms with Gasteiger partial charge in [-0.2, -0.15) is 0 Å². The summed E-state index contributed by atoms with van der Waals surface area (Å²) in [6.45, 7) is 0.864. The first kappa shape index (κ1) is 13.1. The third-order valence-corrected chi connectivity index (χ3v) is 4.33. The molecule has 1 fully saturated rings. The van der Waals surface area contributed by atoms with Gasteiger partial charge < -0.3 is 9.32 Å². The number of alkyl halides is 1. The number of hydrogen-bond acceptors (Lipinski definition) is 2. The Labute approximate surface area is 118 Å². The molecule has 0 aromatic carbocycles. The van der Waals surface area contributed by atoms with Gasteiger partial charge in [-0.3, -0.25) is 4.79 Å². The van der Waals surface area contributed by atoms with Gasteiger partial charge in [0.05, 0.1) is 11.8 Å². The van der Waals surface area contributed by atoms with Gasteiger partial charge in [0.15, 0.2) is 4.67 Å². The van der Waals surface area contributed by atoms with Gasteiger partial charge in [0.2, 0.25) is 0 Å². The van der Waals surface area contributed by atoms with E-state index in [9.17, 15) is 4.79 Å². The van der Waals surface area contributed by atoms with Crippen molar-refractivity contribution in [2.75, 3.05) is 11.9 Å². The van der Waals surface area contributed by atoms with Gasteiger partial charge in [-0.1, -0.05) is 15.9 Å². The predicted molar refractivity (Wildman–Crippen MR) is 73.5 cm³/mol. The maximum atomic E-state index is 12.3. The molecule has 0 bridgehead atoms. The van der Waals surface area contributed by atoms with Crippen LogP contribution in [0.4, 0.5) is 0 Å². The van der Waals surface area contributed by atoms with Gasteiger partial charge >= 0.3 is 0 Å². The zero-order valence-corrected chi connectivity index (χ0v) is 12.7. The summed E-state index contributed by atoms with van der Waals surface area (Å²) in [4.78, 5) is 14.3. The fraction of sp³-hybridized carbons (Fsp3) is 0.583. The van der Waals surface area contributed by atoms with Crippen LogP contribution in [0.25, 0.3) is 0 Å². The van der Waals surface area contributed by atoms with Crippen molar-refractivity contribution in [3.8, 4) is 0 Å². The summed E-state index contributed by atoms with van der Waals surface area (Å²) in [5.74, 6) is 0.0858. The first-order chi connectivity index (χ1) is 8.24. The van der Waals surface area contributed by atoms with Crippen LogP contribution in [0, 0.1) is 0 Å². The zero-order chi connectivity index (χ0) is 12.3. The third-order valence-electron chi connectivity index (χ3n) is 3.16. The molecule has 1 unspecified atom stereocenters. The topological polar surface area (TPSA) is 33.5 Å². The Morgan fingerprint density at radius 1 is 1.59 bits per heavy atom. The molecule has 0 saturated carbocycles. The molecule has 1 atom stereocenters. The Kier molecular flexibility index (Phi) is 4.68. The molecule has 3 nitrogen and oxygen atoms in total. The van der Waals surface area contributed by atoms with Gasteiger partial charge in [-0.15, -0.1) is 0 Å². The van der Waals surface area contributed by atoms with E-state index in [1.54, 1.807) is 12.3 Å². The lowest BCUT2D eigenvalue weighted by atomic mass is 10.1. The first-order valence-corrected chi connectivity index (χ1v) is 7.75. The molecule has 94 valence electrons. The maximum absolute atomic E-state index is 12.3. The summed E-state index contributed by atoms with van der Waals surface area (Å²) in [6, 6.07) is 2.12. The first-order valence-electron chi connectivity index (χ1n) is 5.84. The van der Waals surface area contributed by atoms with Crippen molar-refractivity contribution in [1.29, 1.82) is 0 Å². The number of amides is 1. The quantitative estimate of drug-likeness (QED) is 0.761. The van der Waals surface area contributed by atoms with Crippen molar-refractivity contribution in [1.82, 2.24) is 4.90 Å². The van der Waals surface area contributed by atoms with Crippen LogP contribution in [-0.2, 0) is 0 Å². The molecule has 1 amide bonds. The number of carbonyl (C=O) groups excluding carboxylic acids is 1. The molecule has 1 aliphatic heterocycles. The minimum Gasteiger partial charge on any atom is -0.457 e. The van der Waals surface area contributed by atoms with E-state index in [4.69, 9.17) is 4.42 Å². The standard InChI is InChI=1S/C12H15Br2NO2/c13-6-1-3-9-4-2-7-15(9)12(16)10-5-8-17-11(10)14/h5,8-9H,1-4,6-7H2. The minimum absolute atomic E-state index is 0.0858. The SMILES string of the molecule is O=C(c1ccoc1Br)N1CCCC1CCCBr. The largest absolute Gasteiger partial charge is 0.457 e. The van der Waals surface area contributed by atoms with Crippen molar-refractivity contribution in [3.05, 3.63) is 22.6 Å². The molecule has 1 aromatic rings. The van der Waals surface area contributed by atoms with E-state index in [0.717, 1.165) is 37.6 Å². The third kappa shape index (κ3) is 2.94. The number of likely N-dealkylation sites (tertiary alicyclic amines) is 1. The van der Waals surface area contributed by atoms with Crippen LogP contribution in [0.1, 0.15) is 36.0 Å². The number of hydrogen-bond donors (Lipinski definition) is 0. The molecule has 1 saturated heterocycles. The van der Waals surface area contributed by atoms with E-state index in [0.29, 0.717) is 16.3 Å². The molecule has 0 spiro atoms. The Bertz CT molecular complexity index is 392. The highest BCUT2D eigenvalue weighted by Crippen LogP contribution is 2.27. The van der Waals surface area contributed by atoms with Crippen molar-refractivity contribution < 1.29 is 9.21 Å². The number of rotatable bonds is 4. The molecule has 1 aliphatic rings. The highest BCUT2D eigenvalue weighted by Gasteiger charge is 2.30. The maximum Gasteiger partial charge on any atom is 0.258 e. The summed E-state index contributed by atoms with van der Waals surface area (Å²) in [5, 5.41) is 1.00. The van der Waals surface area contributed by atoms with Crippen LogP contribution in [0.5, 0.6) is 0 Å². The Morgan fingerprint density at radius 3 is 3.06 bits per heavy atom. The number of nitrogens with zero attached hydrogens (tertiary/aromatic N) is 1. The second-order valence-corrected chi connectivity index (χ2v) is 5.75. The average Bonchev–Trinajstić information content (AvgIpc) is 2.94. The molecule has 1 aromatic heterocycles. The predicted octanol–water partition coefficient (Wildman–Crippen LogP) is 3.82. The molecule has 5 heteroatoms. The van der Waals surface area contributed by atoms with Crippen molar-refractivity contribution in [3.63, 3.8) is 0 Å². The van der Waals surface area contributed by atoms with E-state index in [2.05, 4.69) is 31.9 Å². The zero-order valence-electron chi connectivity index (χ0n) is 9.49. The number of furan rings is 1. The fourth-order valence-electron chi connectivity index (χ4n) is 2.32. The summed E-state index contributed by atoms with van der Waals surface area (Å²) in [7, 11) is 0. The number of halogens is 2. The Hall–Kier alpha value is -0.290. The van der Waals surface area contributed by atoms with Gasteiger partial charge in [-0.05, 0) is 47.7 Å². The van der Waals surface area contributed by atoms with Crippen molar-refractivity contribution >= 4 is 37.8 Å². The van der Waals surface area contributed by atoms with Gasteiger partial charge in [-0.25, -0.2) is 0 Å². The Morgan fingerprint density at radius 2 is 2.41 bits per heavy atom. The minimum atomic E-state index is 0.0858. The molecule has 0 aliphatic carbocycles. The molecule has 2 heterocycles. The van der Waals surface area contributed by atoms with E-state index in [-0.39, 0.29) is 5.91 Å². The summed E-state index contributed by atoms with van der Waals surface area (Å²) < 4.78 is 5.66. The monoisotopic (exact) mass is 363 g/mol. The van der Waals surface area contributed by atoms with Crippen molar-refractivity contribution in [2.45, 2.75) is 31.7 Å². The summed E-state index contributed by atoms with van der Waals surface area (Å²) >= 11 is 6.70. The second kappa shape index (κ2) is 6.05. The molecular formula is C12H15Br2NO2. The van der Waals surface area contributed by atoms with E-state index in [1.807, 2.05) is 4.90 Å². The molecule has 0 N–H and O–H groups in total. The molecular weight excluding hydrogens is 350 g/mol. The van der Waals surface area contributed by atoms with Crippen LogP contribution in [-0.4, -0.2) is 28.7 Å². The van der Waals surface area contributed by atoms with Crippen molar-refractivity contribution in [2.24, 2.45) is 0 Å². The van der Waals surface area contributed by atoms with Gasteiger partial charge in [0.1, 0.15) is 0 Å². The van der Waals surface area contributed by atoms with Crippen LogP contribution in [0.2, 0.25) is 0 Å². The van der Waals surface area contributed by atoms with Crippen LogP contribution < -0.4 is 0 Å². The highest BCUT2D eigenvalue weighted by molar-refractivity contribution is 9.10. The average molecular weight is 365 g/mol. The van der Waals surface area contributed by atoms with E-state index < -0.39 is 0 Å². The summed E-state index contributed by atoms with van der Waals surface area (Å²) in [5.41, 5.74) is 0.635. The van der Waals surface area contributed by atoms with Crippen LogP contribution in [0.3, 0.4) is 0 Å². The normalized spacial score (nSPS) is 19.9. The van der Waals surface area contributed by atoms with Gasteiger partial charge in [0, 0.05) is 17.9 Å². The smallest absolute Gasteiger partial charge is 0.258 e. The van der Waals surface area contributed by atoms with E-state index >= 15 is 0 Å². The number of carbonyl (C=O) groups is 1. The molecule has 17 heavy (non-hydrogen) atoms. The van der Waals surface area contributed by atoms with Crippen LogP contribution in [0.15, 0.2) is 21.4 Å². The van der Waals surface area contributed by atoms with Crippen LogP contribution >= 0.6 is 31.9 Å². The highest BCUT2D eigenvalue weighted by atomic mass is 79.9. The lowest BCUT2D eigenvalue weighted by Gasteiger charge is -2.24. The second-order valence-electron chi connectivity index (χ2n) is 4.23. The summed E-state index contributed by atoms with van der Waals surface area (Å²) in [6.07, 6.45) is 5.96. The van der Waals surface area contributed by atoms with E-state index in [1.165, 1.54) is 0 Å². The Balaban J connectivity index is 2.06. The fourth-order valence-corrected chi connectivity index (χ4v) is 3.05. The lowest BCUT2D eigenvalue weighted by Crippen LogP contribution is -2.35.